The monoisotopic (exact) mass is 316 g/mol. The van der Waals surface area contributed by atoms with Crippen molar-refractivity contribution >= 4 is 17.7 Å². The Labute approximate surface area is 133 Å². The van der Waals surface area contributed by atoms with Crippen molar-refractivity contribution in [2.75, 3.05) is 6.61 Å². The lowest BCUT2D eigenvalue weighted by atomic mass is 9.96. The van der Waals surface area contributed by atoms with Crippen LogP contribution in [0.2, 0.25) is 0 Å². The number of para-hydroxylation sites is 1. The lowest BCUT2D eigenvalue weighted by molar-refractivity contribution is -0.238. The van der Waals surface area contributed by atoms with Crippen LogP contribution in [-0.4, -0.2) is 30.1 Å². The Hall–Kier alpha value is -2.81. The minimum Gasteiger partial charge on any atom is -0.481 e. The second kappa shape index (κ2) is 6.53. The van der Waals surface area contributed by atoms with E-state index in [4.69, 9.17) is 20.6 Å². The van der Waals surface area contributed by atoms with E-state index in [1.165, 1.54) is 13.8 Å². The molecule has 1 aromatic rings. The first-order valence-corrected chi connectivity index (χ1v) is 6.96. The van der Waals surface area contributed by atoms with Crippen LogP contribution < -0.4 is 4.74 Å². The van der Waals surface area contributed by atoms with Gasteiger partial charge in [-0.15, -0.1) is 6.42 Å². The molecule has 6 nitrogen and oxygen atoms in total. The zero-order valence-corrected chi connectivity index (χ0v) is 12.8. The smallest absolute Gasteiger partial charge is 0.331 e. The number of ketones is 1. The quantitative estimate of drug-likeness (QED) is 0.462. The van der Waals surface area contributed by atoms with Gasteiger partial charge in [0.15, 0.2) is 5.78 Å². The van der Waals surface area contributed by atoms with E-state index in [2.05, 4.69) is 5.92 Å². The molecule has 0 saturated carbocycles. The fourth-order valence-corrected chi connectivity index (χ4v) is 2.18. The highest BCUT2D eigenvalue weighted by Gasteiger charge is 2.47. The molecule has 1 heterocycles. The first-order valence-electron chi connectivity index (χ1n) is 6.96. The largest absolute Gasteiger partial charge is 0.481 e. The minimum atomic E-state index is -1.58. The average Bonchev–Trinajstić information content (AvgIpc) is 2.44. The summed E-state index contributed by atoms with van der Waals surface area (Å²) in [5.41, 5.74) is 0.526. The molecule has 2 rings (SSSR count). The highest BCUT2D eigenvalue weighted by molar-refractivity contribution is 6.16. The van der Waals surface area contributed by atoms with Crippen molar-refractivity contribution in [3.63, 3.8) is 0 Å². The second-order valence-corrected chi connectivity index (χ2v) is 5.42. The van der Waals surface area contributed by atoms with E-state index in [9.17, 15) is 14.4 Å². The van der Waals surface area contributed by atoms with Crippen molar-refractivity contribution in [1.82, 2.24) is 0 Å². The molecular formula is C17H16O6. The van der Waals surface area contributed by atoms with Crippen LogP contribution in [0.25, 0.3) is 0 Å². The summed E-state index contributed by atoms with van der Waals surface area (Å²) in [4.78, 5) is 36.1. The van der Waals surface area contributed by atoms with Crippen LogP contribution in [0, 0.1) is 18.3 Å². The standard InChI is InChI=1S/C17H16O6/c1-4-9-21-13-8-6-5-7-11(13)10-12(18)14-15(19)22-17(2,3)23-16(14)20/h1,5-8,14H,9-10H2,2-3H3. The lowest BCUT2D eigenvalue weighted by Gasteiger charge is -2.32. The first kappa shape index (κ1) is 16.6. The SMILES string of the molecule is C#CCOc1ccccc1CC(=O)C1C(=O)OC(C)(C)OC1=O. The van der Waals surface area contributed by atoms with Crippen molar-refractivity contribution < 1.29 is 28.6 Å². The molecule has 0 aromatic heterocycles. The van der Waals surface area contributed by atoms with Crippen molar-refractivity contribution in [3.8, 4) is 18.1 Å². The Morgan fingerprint density at radius 1 is 1.26 bits per heavy atom. The Kier molecular flexibility index (Phi) is 4.70. The number of terminal acetylenes is 1. The number of benzene rings is 1. The van der Waals surface area contributed by atoms with Gasteiger partial charge in [-0.3, -0.25) is 14.4 Å². The fraction of sp³-hybridized carbons (Fsp3) is 0.353. The molecule has 0 radical (unpaired) electrons. The summed E-state index contributed by atoms with van der Waals surface area (Å²) >= 11 is 0. The average molecular weight is 316 g/mol. The highest BCUT2D eigenvalue weighted by Crippen LogP contribution is 2.26. The summed E-state index contributed by atoms with van der Waals surface area (Å²) in [7, 11) is 0. The maximum atomic E-state index is 12.3. The van der Waals surface area contributed by atoms with Crippen LogP contribution in [0.15, 0.2) is 24.3 Å². The van der Waals surface area contributed by atoms with E-state index in [1.807, 2.05) is 0 Å². The number of hydrogen-bond donors (Lipinski definition) is 0. The highest BCUT2D eigenvalue weighted by atomic mass is 16.7. The van der Waals surface area contributed by atoms with Crippen LogP contribution in [-0.2, 0) is 30.3 Å². The topological polar surface area (TPSA) is 78.9 Å². The van der Waals surface area contributed by atoms with E-state index >= 15 is 0 Å². The van der Waals surface area contributed by atoms with Crippen molar-refractivity contribution in [1.29, 1.82) is 0 Å². The summed E-state index contributed by atoms with van der Waals surface area (Å²) in [6, 6.07) is 6.76. The molecular weight excluding hydrogens is 300 g/mol. The van der Waals surface area contributed by atoms with E-state index < -0.39 is 29.4 Å². The van der Waals surface area contributed by atoms with Gasteiger partial charge < -0.3 is 14.2 Å². The molecule has 0 unspecified atom stereocenters. The molecule has 0 spiro atoms. The van der Waals surface area contributed by atoms with Gasteiger partial charge in [0, 0.05) is 25.8 Å². The zero-order chi connectivity index (χ0) is 17.0. The maximum Gasteiger partial charge on any atom is 0.331 e. The van der Waals surface area contributed by atoms with Crippen molar-refractivity contribution in [3.05, 3.63) is 29.8 Å². The third-order valence-corrected chi connectivity index (χ3v) is 3.13. The molecule has 1 aliphatic heterocycles. The number of rotatable bonds is 5. The molecule has 0 amide bonds. The van der Waals surface area contributed by atoms with E-state index in [0.29, 0.717) is 11.3 Å². The lowest BCUT2D eigenvalue weighted by Crippen LogP contribution is -2.49. The van der Waals surface area contributed by atoms with Gasteiger partial charge in [-0.2, -0.15) is 0 Å². The molecule has 0 atom stereocenters. The van der Waals surface area contributed by atoms with E-state index in [1.54, 1.807) is 24.3 Å². The summed E-state index contributed by atoms with van der Waals surface area (Å²) in [6.45, 7) is 2.89. The number of hydrogen-bond acceptors (Lipinski definition) is 6. The predicted molar refractivity (Wildman–Crippen MR) is 79.2 cm³/mol. The van der Waals surface area contributed by atoms with Crippen LogP contribution in [0.1, 0.15) is 19.4 Å². The summed E-state index contributed by atoms with van der Waals surface area (Å²) < 4.78 is 15.2. The molecule has 1 aliphatic rings. The number of cyclic esters (lactones) is 2. The van der Waals surface area contributed by atoms with Gasteiger partial charge in [0.2, 0.25) is 5.92 Å². The second-order valence-electron chi connectivity index (χ2n) is 5.42. The third-order valence-electron chi connectivity index (χ3n) is 3.13. The van der Waals surface area contributed by atoms with Crippen LogP contribution in [0.3, 0.4) is 0 Å². The van der Waals surface area contributed by atoms with Gasteiger partial charge in [-0.1, -0.05) is 24.1 Å². The minimum absolute atomic E-state index is 0.0485. The number of esters is 2. The first-order chi connectivity index (χ1) is 10.8. The molecule has 1 saturated heterocycles. The summed E-state index contributed by atoms with van der Waals surface area (Å²) in [6.07, 6.45) is 4.97. The van der Waals surface area contributed by atoms with E-state index in [-0.39, 0.29) is 13.0 Å². The number of carbonyl (C=O) groups is 3. The Morgan fingerprint density at radius 2 is 1.87 bits per heavy atom. The number of carbonyl (C=O) groups excluding carboxylic acids is 3. The van der Waals surface area contributed by atoms with Gasteiger partial charge in [0.25, 0.3) is 5.79 Å². The molecule has 0 N–H and O–H groups in total. The van der Waals surface area contributed by atoms with Crippen LogP contribution in [0.5, 0.6) is 5.75 Å². The summed E-state index contributed by atoms with van der Waals surface area (Å²) in [5, 5.41) is 0. The molecule has 23 heavy (non-hydrogen) atoms. The van der Waals surface area contributed by atoms with Gasteiger partial charge in [0.1, 0.15) is 12.4 Å². The molecule has 1 fully saturated rings. The van der Waals surface area contributed by atoms with Crippen molar-refractivity contribution in [2.24, 2.45) is 5.92 Å². The Bertz CT molecular complexity index is 663. The fourth-order valence-electron chi connectivity index (χ4n) is 2.18. The van der Waals surface area contributed by atoms with Gasteiger partial charge >= 0.3 is 11.9 Å². The molecule has 1 aromatic carbocycles. The van der Waals surface area contributed by atoms with Crippen LogP contribution in [0.4, 0.5) is 0 Å². The van der Waals surface area contributed by atoms with Gasteiger partial charge in [-0.25, -0.2) is 0 Å². The van der Waals surface area contributed by atoms with Gasteiger partial charge in [-0.05, 0) is 6.07 Å². The van der Waals surface area contributed by atoms with Gasteiger partial charge in [0.05, 0.1) is 0 Å². The molecule has 0 bridgehead atoms. The Morgan fingerprint density at radius 3 is 2.48 bits per heavy atom. The number of Topliss-reactive ketones (excluding diaryl/α,β-unsaturated/α-hetero) is 1. The molecule has 0 aliphatic carbocycles. The van der Waals surface area contributed by atoms with E-state index in [0.717, 1.165) is 0 Å². The third kappa shape index (κ3) is 3.89. The normalized spacial score (nSPS) is 16.9. The van der Waals surface area contributed by atoms with Crippen molar-refractivity contribution in [2.45, 2.75) is 26.1 Å². The number of ether oxygens (including phenoxy) is 3. The Balaban J connectivity index is 2.15. The maximum absolute atomic E-state index is 12.3. The molecule has 6 heteroatoms. The predicted octanol–water partition coefficient (Wildman–Crippen LogP) is 1.26. The molecule has 120 valence electrons. The zero-order valence-electron chi connectivity index (χ0n) is 12.8. The summed E-state index contributed by atoms with van der Waals surface area (Å²) in [5.74, 6) is -2.61. The van der Waals surface area contributed by atoms with Crippen LogP contribution >= 0.6 is 0 Å².